The standard InChI is InChI=1S/C59H61NO3Si2/c1-58(2,3)64(54-27-14-8-15-28-54,55-29-16-9-17-30-55)62-51-39-35-47(36-40-51)44-60(50-25-22-26-53(43-50)61-46-49-23-12-7-13-24-49)45-48-37-41-52(42-38-48)63-65(59(4,5)6,56-31-18-10-19-32-56)57-33-20-11-21-34-57/h7-43H,44-46H2,1-6H3. The van der Waals surface area contributed by atoms with E-state index in [0.717, 1.165) is 28.5 Å². The highest BCUT2D eigenvalue weighted by molar-refractivity contribution is 7.00. The Morgan fingerprint density at radius 1 is 0.354 bits per heavy atom. The Bertz CT molecular complexity index is 2470. The topological polar surface area (TPSA) is 30.9 Å². The van der Waals surface area contributed by atoms with Gasteiger partial charge in [-0.15, -0.1) is 0 Å². The minimum absolute atomic E-state index is 0.140. The molecular formula is C59H61NO3Si2. The average Bonchev–Trinajstić information content (AvgIpc) is 3.33. The summed E-state index contributed by atoms with van der Waals surface area (Å²) in [6.07, 6.45) is 0. The molecule has 0 radical (unpaired) electrons. The molecule has 8 aromatic rings. The van der Waals surface area contributed by atoms with Crippen molar-refractivity contribution >= 4 is 43.1 Å². The summed E-state index contributed by atoms with van der Waals surface area (Å²) in [5, 5.41) is 4.74. The van der Waals surface area contributed by atoms with Gasteiger partial charge in [0.1, 0.15) is 23.9 Å². The normalized spacial score (nSPS) is 12.0. The van der Waals surface area contributed by atoms with Crippen molar-refractivity contribution < 1.29 is 13.6 Å². The molecule has 0 saturated heterocycles. The zero-order chi connectivity index (χ0) is 45.3. The van der Waals surface area contributed by atoms with Gasteiger partial charge in [-0.2, -0.15) is 0 Å². The summed E-state index contributed by atoms with van der Waals surface area (Å²) in [7, 11) is -5.57. The lowest BCUT2D eigenvalue weighted by molar-refractivity contribution is 0.306. The van der Waals surface area contributed by atoms with E-state index < -0.39 is 16.6 Å². The highest BCUT2D eigenvalue weighted by Gasteiger charge is 2.53. The van der Waals surface area contributed by atoms with Crippen LogP contribution in [0.3, 0.4) is 0 Å². The second-order valence-corrected chi connectivity index (χ2v) is 27.4. The Kier molecular flexibility index (Phi) is 13.6. The van der Waals surface area contributed by atoms with Crippen molar-refractivity contribution in [2.45, 2.75) is 71.3 Å². The molecule has 0 aliphatic carbocycles. The Morgan fingerprint density at radius 3 is 1.06 bits per heavy atom. The van der Waals surface area contributed by atoms with Gasteiger partial charge in [0, 0.05) is 24.8 Å². The third kappa shape index (κ3) is 10.0. The van der Waals surface area contributed by atoms with Crippen LogP contribution in [0.5, 0.6) is 17.2 Å². The Hall–Kier alpha value is -6.61. The summed E-state index contributed by atoms with van der Waals surface area (Å²) in [5.41, 5.74) is 4.58. The maximum absolute atomic E-state index is 7.38. The van der Waals surface area contributed by atoms with E-state index in [2.05, 4.69) is 247 Å². The van der Waals surface area contributed by atoms with Gasteiger partial charge in [-0.05, 0) is 83.9 Å². The summed E-state index contributed by atoms with van der Waals surface area (Å²) < 4.78 is 21.1. The number of hydrogen-bond acceptors (Lipinski definition) is 4. The summed E-state index contributed by atoms with van der Waals surface area (Å²) >= 11 is 0. The molecule has 0 atom stereocenters. The Balaban J connectivity index is 1.10. The van der Waals surface area contributed by atoms with E-state index in [1.807, 2.05) is 24.3 Å². The molecule has 0 saturated carbocycles. The second kappa shape index (κ2) is 19.6. The van der Waals surface area contributed by atoms with Crippen molar-refractivity contribution in [3.63, 3.8) is 0 Å². The molecular weight excluding hydrogens is 827 g/mol. The average molecular weight is 888 g/mol. The maximum Gasteiger partial charge on any atom is 0.319 e. The number of rotatable bonds is 16. The summed E-state index contributed by atoms with van der Waals surface area (Å²) in [6.45, 7) is 15.8. The highest BCUT2D eigenvalue weighted by atomic mass is 28.4. The molecule has 0 heterocycles. The van der Waals surface area contributed by atoms with E-state index in [1.54, 1.807) is 0 Å². The lowest BCUT2D eigenvalue weighted by atomic mass is 10.1. The van der Waals surface area contributed by atoms with Crippen molar-refractivity contribution in [3.8, 4) is 17.2 Å². The van der Waals surface area contributed by atoms with Gasteiger partial charge >= 0.3 is 16.6 Å². The number of nitrogens with zero attached hydrogens (tertiary/aromatic N) is 1. The summed E-state index contributed by atoms with van der Waals surface area (Å²) in [5.74, 6) is 2.59. The van der Waals surface area contributed by atoms with Gasteiger partial charge in [-0.25, -0.2) is 0 Å². The second-order valence-electron chi connectivity index (χ2n) is 18.9. The van der Waals surface area contributed by atoms with Gasteiger partial charge in [0.05, 0.1) is 0 Å². The molecule has 0 unspecified atom stereocenters. The predicted octanol–water partition coefficient (Wildman–Crippen LogP) is 12.3. The van der Waals surface area contributed by atoms with Crippen LogP contribution in [-0.2, 0) is 19.7 Å². The fraction of sp³-hybridized carbons (Fsp3) is 0.186. The van der Waals surface area contributed by atoms with E-state index >= 15 is 0 Å². The van der Waals surface area contributed by atoms with Crippen molar-refractivity contribution in [3.05, 3.63) is 241 Å². The van der Waals surface area contributed by atoms with Crippen LogP contribution < -0.4 is 39.2 Å². The van der Waals surface area contributed by atoms with Gasteiger partial charge in [0.2, 0.25) is 0 Å². The molecule has 4 nitrogen and oxygen atoms in total. The van der Waals surface area contributed by atoms with Crippen LogP contribution in [0.15, 0.2) is 224 Å². The zero-order valence-electron chi connectivity index (χ0n) is 38.7. The molecule has 0 amide bonds. The third-order valence-corrected chi connectivity index (χ3v) is 22.3. The van der Waals surface area contributed by atoms with Crippen molar-refractivity contribution in [2.24, 2.45) is 0 Å². The third-order valence-electron chi connectivity index (χ3n) is 12.4. The molecule has 6 heteroatoms. The lowest BCUT2D eigenvalue weighted by Crippen LogP contribution is -2.68. The fourth-order valence-electron chi connectivity index (χ4n) is 9.17. The number of ether oxygens (including phenoxy) is 1. The van der Waals surface area contributed by atoms with Crippen LogP contribution in [0.4, 0.5) is 5.69 Å². The number of benzene rings is 8. The first kappa shape index (κ1) is 45.0. The van der Waals surface area contributed by atoms with Crippen LogP contribution in [0.2, 0.25) is 10.1 Å². The molecule has 8 rings (SSSR count). The quantitative estimate of drug-likeness (QED) is 0.0905. The van der Waals surface area contributed by atoms with Crippen LogP contribution in [0, 0.1) is 0 Å². The molecule has 0 fully saturated rings. The van der Waals surface area contributed by atoms with Gasteiger partial charge in [-0.1, -0.05) is 224 Å². The zero-order valence-corrected chi connectivity index (χ0v) is 40.7. The maximum atomic E-state index is 7.38. The first-order valence-corrected chi connectivity index (χ1v) is 26.6. The van der Waals surface area contributed by atoms with E-state index in [4.69, 9.17) is 13.6 Å². The first-order chi connectivity index (χ1) is 31.4. The highest BCUT2D eigenvalue weighted by Crippen LogP contribution is 2.39. The summed E-state index contributed by atoms with van der Waals surface area (Å²) in [4.78, 5) is 2.42. The van der Waals surface area contributed by atoms with Crippen molar-refractivity contribution in [1.82, 2.24) is 0 Å². The monoisotopic (exact) mass is 887 g/mol. The molecule has 8 aromatic carbocycles. The van der Waals surface area contributed by atoms with E-state index in [1.165, 1.54) is 31.9 Å². The smallest absolute Gasteiger partial charge is 0.319 e. The minimum Gasteiger partial charge on any atom is -0.534 e. The number of anilines is 1. The molecule has 65 heavy (non-hydrogen) atoms. The molecule has 0 aromatic heterocycles. The van der Waals surface area contributed by atoms with Crippen molar-refractivity contribution in [1.29, 1.82) is 0 Å². The number of hydrogen-bond donors (Lipinski definition) is 0. The minimum atomic E-state index is -2.78. The Morgan fingerprint density at radius 2 is 0.708 bits per heavy atom. The van der Waals surface area contributed by atoms with Crippen LogP contribution in [0.1, 0.15) is 58.2 Å². The molecule has 328 valence electrons. The molecule has 0 aliphatic heterocycles. The van der Waals surface area contributed by atoms with Crippen LogP contribution in [-0.4, -0.2) is 16.6 Å². The molecule has 0 N–H and O–H groups in total. The molecule has 0 bridgehead atoms. The van der Waals surface area contributed by atoms with E-state index in [-0.39, 0.29) is 10.1 Å². The fourth-order valence-corrected chi connectivity index (χ4v) is 18.0. The molecule has 0 spiro atoms. The summed E-state index contributed by atoms with van der Waals surface area (Å²) in [6, 6.07) is 79.6. The largest absolute Gasteiger partial charge is 0.534 e. The molecule has 0 aliphatic rings. The van der Waals surface area contributed by atoms with Gasteiger partial charge in [0.15, 0.2) is 0 Å². The van der Waals surface area contributed by atoms with E-state index in [0.29, 0.717) is 19.7 Å². The van der Waals surface area contributed by atoms with Crippen molar-refractivity contribution in [2.75, 3.05) is 4.90 Å². The Labute approximate surface area is 389 Å². The van der Waals surface area contributed by atoms with Crippen LogP contribution in [0.25, 0.3) is 0 Å². The lowest BCUT2D eigenvalue weighted by Gasteiger charge is -2.43. The van der Waals surface area contributed by atoms with Crippen LogP contribution >= 0.6 is 0 Å². The van der Waals surface area contributed by atoms with Gasteiger partial charge in [0.25, 0.3) is 0 Å². The first-order valence-electron chi connectivity index (χ1n) is 22.7. The van der Waals surface area contributed by atoms with E-state index in [9.17, 15) is 0 Å². The van der Waals surface area contributed by atoms with Gasteiger partial charge in [-0.3, -0.25) is 0 Å². The predicted molar refractivity (Wildman–Crippen MR) is 276 cm³/mol. The van der Waals surface area contributed by atoms with Gasteiger partial charge < -0.3 is 18.5 Å². The SMILES string of the molecule is CC(C)(C)[Si](Oc1ccc(CN(Cc2ccc(O[Si](c3ccccc3)(c3ccccc3)C(C)(C)C)cc2)c2cccc(OCc3ccccc3)c2)cc1)(c1ccccc1)c1ccccc1.